The molecule has 5 heteroatoms. The average molecular weight is 392 g/mol. The van der Waals surface area contributed by atoms with Crippen molar-refractivity contribution < 1.29 is 9.53 Å². The first-order valence-electron chi connectivity index (χ1n) is 10.3. The molecule has 1 saturated carbocycles. The number of nitrogens with one attached hydrogen (secondary N) is 2. The predicted molar refractivity (Wildman–Crippen MR) is 114 cm³/mol. The minimum atomic E-state index is -0.202. The number of benzene rings is 2. The second-order valence-corrected chi connectivity index (χ2v) is 7.56. The lowest BCUT2D eigenvalue weighted by atomic mass is 9.96. The van der Waals surface area contributed by atoms with Gasteiger partial charge in [-0.05, 0) is 74.4 Å². The molecule has 152 valence electrons. The SMILES string of the molecule is CCOc1cccc([C@@H](C)N[C@H]2CCC(c3ccc(C(=O)NCC#N)cc3)C2)c1. The van der Waals surface area contributed by atoms with Crippen LogP contribution in [0.5, 0.6) is 5.75 Å². The van der Waals surface area contributed by atoms with E-state index >= 15 is 0 Å². The van der Waals surface area contributed by atoms with Gasteiger partial charge in [0.25, 0.3) is 5.91 Å². The molecule has 2 aromatic carbocycles. The normalized spacial score (nSPS) is 19.3. The third-order valence-electron chi connectivity index (χ3n) is 5.56. The number of hydrogen-bond acceptors (Lipinski definition) is 4. The summed E-state index contributed by atoms with van der Waals surface area (Å²) in [7, 11) is 0. The number of carbonyl (C=O) groups is 1. The molecule has 0 aromatic heterocycles. The second-order valence-electron chi connectivity index (χ2n) is 7.56. The Bertz CT molecular complexity index is 857. The number of nitrogens with zero attached hydrogens (tertiary/aromatic N) is 1. The summed E-state index contributed by atoms with van der Waals surface area (Å²) < 4.78 is 5.62. The summed E-state index contributed by atoms with van der Waals surface area (Å²) in [5, 5.41) is 14.9. The molecule has 1 aliphatic carbocycles. The van der Waals surface area contributed by atoms with Crippen LogP contribution in [0, 0.1) is 11.3 Å². The minimum absolute atomic E-state index is 0.0300. The van der Waals surface area contributed by atoms with Gasteiger partial charge in [-0.1, -0.05) is 24.3 Å². The molecule has 5 nitrogen and oxygen atoms in total. The van der Waals surface area contributed by atoms with Crippen molar-refractivity contribution in [2.24, 2.45) is 0 Å². The number of amides is 1. The maximum Gasteiger partial charge on any atom is 0.252 e. The summed E-state index contributed by atoms with van der Waals surface area (Å²) in [6.45, 7) is 4.90. The number of ether oxygens (including phenoxy) is 1. The number of hydrogen-bond donors (Lipinski definition) is 2. The molecule has 0 spiro atoms. The number of carbonyl (C=O) groups excluding carboxylic acids is 1. The number of nitriles is 1. The first-order valence-corrected chi connectivity index (χ1v) is 10.3. The van der Waals surface area contributed by atoms with Gasteiger partial charge < -0.3 is 15.4 Å². The molecule has 0 heterocycles. The van der Waals surface area contributed by atoms with Gasteiger partial charge in [0.15, 0.2) is 0 Å². The Morgan fingerprint density at radius 3 is 2.76 bits per heavy atom. The summed E-state index contributed by atoms with van der Waals surface area (Å²) in [6.07, 6.45) is 3.38. The lowest BCUT2D eigenvalue weighted by molar-refractivity contribution is 0.0958. The Hall–Kier alpha value is -2.84. The van der Waals surface area contributed by atoms with Gasteiger partial charge in [-0.25, -0.2) is 0 Å². The maximum atomic E-state index is 11.9. The Labute approximate surface area is 173 Å². The molecule has 0 bridgehead atoms. The molecule has 1 amide bonds. The molecule has 3 rings (SSSR count). The lowest BCUT2D eigenvalue weighted by Gasteiger charge is -2.21. The van der Waals surface area contributed by atoms with Crippen molar-refractivity contribution in [2.45, 2.75) is 51.1 Å². The summed E-state index contributed by atoms with van der Waals surface area (Å²) in [6, 6.07) is 18.8. The predicted octanol–water partition coefficient (Wildman–Crippen LogP) is 4.33. The highest BCUT2D eigenvalue weighted by atomic mass is 16.5. The quantitative estimate of drug-likeness (QED) is 0.657. The van der Waals surface area contributed by atoms with Crippen LogP contribution in [0.2, 0.25) is 0 Å². The molecule has 0 aliphatic heterocycles. The van der Waals surface area contributed by atoms with E-state index in [2.05, 4.69) is 29.7 Å². The Kier molecular flexibility index (Phi) is 7.26. The molecular weight excluding hydrogens is 362 g/mol. The molecule has 0 radical (unpaired) electrons. The largest absolute Gasteiger partial charge is 0.494 e. The zero-order chi connectivity index (χ0) is 20.6. The van der Waals surface area contributed by atoms with E-state index in [0.29, 0.717) is 24.1 Å². The Balaban J connectivity index is 1.55. The highest BCUT2D eigenvalue weighted by Crippen LogP contribution is 2.35. The highest BCUT2D eigenvalue weighted by molar-refractivity contribution is 5.94. The average Bonchev–Trinajstić information content (AvgIpc) is 3.21. The number of rotatable bonds is 8. The minimum Gasteiger partial charge on any atom is -0.494 e. The summed E-state index contributed by atoms with van der Waals surface area (Å²) >= 11 is 0. The van der Waals surface area contributed by atoms with Gasteiger partial charge in [-0.15, -0.1) is 0 Å². The molecule has 3 atom stereocenters. The van der Waals surface area contributed by atoms with Gasteiger partial charge in [0, 0.05) is 17.6 Å². The van der Waals surface area contributed by atoms with Crippen LogP contribution in [-0.4, -0.2) is 25.1 Å². The zero-order valence-corrected chi connectivity index (χ0v) is 17.2. The molecule has 2 aromatic rings. The van der Waals surface area contributed by atoms with E-state index in [1.54, 1.807) is 0 Å². The first kappa shape index (κ1) is 20.9. The molecule has 29 heavy (non-hydrogen) atoms. The topological polar surface area (TPSA) is 74.2 Å². The van der Waals surface area contributed by atoms with Crippen molar-refractivity contribution in [3.8, 4) is 11.8 Å². The van der Waals surface area contributed by atoms with E-state index in [1.165, 1.54) is 11.1 Å². The van der Waals surface area contributed by atoms with Crippen molar-refractivity contribution in [2.75, 3.05) is 13.2 Å². The van der Waals surface area contributed by atoms with E-state index in [-0.39, 0.29) is 18.5 Å². The van der Waals surface area contributed by atoms with E-state index in [0.717, 1.165) is 25.0 Å². The fourth-order valence-corrected chi connectivity index (χ4v) is 4.05. The van der Waals surface area contributed by atoms with Gasteiger partial charge >= 0.3 is 0 Å². The molecular formula is C24H29N3O2. The maximum absolute atomic E-state index is 11.9. The Morgan fingerprint density at radius 2 is 2.03 bits per heavy atom. The zero-order valence-electron chi connectivity index (χ0n) is 17.2. The van der Waals surface area contributed by atoms with Gasteiger partial charge in [0.05, 0.1) is 12.7 Å². The fraction of sp³-hybridized carbons (Fsp3) is 0.417. The van der Waals surface area contributed by atoms with Crippen molar-refractivity contribution in [3.05, 3.63) is 65.2 Å². The van der Waals surface area contributed by atoms with Crippen LogP contribution in [0.1, 0.15) is 66.6 Å². The third-order valence-corrected chi connectivity index (χ3v) is 5.56. The first-order chi connectivity index (χ1) is 14.1. The highest BCUT2D eigenvalue weighted by Gasteiger charge is 2.27. The fourth-order valence-electron chi connectivity index (χ4n) is 4.05. The van der Waals surface area contributed by atoms with Crippen LogP contribution in [0.3, 0.4) is 0 Å². The van der Waals surface area contributed by atoms with Gasteiger partial charge in [0.1, 0.15) is 12.3 Å². The van der Waals surface area contributed by atoms with E-state index in [9.17, 15) is 4.79 Å². The van der Waals surface area contributed by atoms with Crippen LogP contribution in [0.4, 0.5) is 0 Å². The monoisotopic (exact) mass is 391 g/mol. The van der Waals surface area contributed by atoms with Crippen molar-refractivity contribution >= 4 is 5.91 Å². The van der Waals surface area contributed by atoms with Gasteiger partial charge in [0.2, 0.25) is 0 Å². The van der Waals surface area contributed by atoms with Crippen LogP contribution in [0.15, 0.2) is 48.5 Å². The van der Waals surface area contributed by atoms with Crippen molar-refractivity contribution in [1.82, 2.24) is 10.6 Å². The smallest absolute Gasteiger partial charge is 0.252 e. The van der Waals surface area contributed by atoms with E-state index in [4.69, 9.17) is 10.00 Å². The van der Waals surface area contributed by atoms with Crippen LogP contribution in [0.25, 0.3) is 0 Å². The Morgan fingerprint density at radius 1 is 1.24 bits per heavy atom. The molecule has 1 aliphatic rings. The third kappa shape index (κ3) is 5.58. The second kappa shape index (κ2) is 10.1. The molecule has 1 unspecified atom stereocenters. The van der Waals surface area contributed by atoms with Crippen LogP contribution in [-0.2, 0) is 0 Å². The van der Waals surface area contributed by atoms with Gasteiger partial charge in [-0.3, -0.25) is 4.79 Å². The summed E-state index contributed by atoms with van der Waals surface area (Å²) in [5.41, 5.74) is 3.11. The summed E-state index contributed by atoms with van der Waals surface area (Å²) in [4.78, 5) is 11.9. The van der Waals surface area contributed by atoms with Gasteiger partial charge in [-0.2, -0.15) is 5.26 Å². The van der Waals surface area contributed by atoms with Crippen molar-refractivity contribution in [3.63, 3.8) is 0 Å². The van der Waals surface area contributed by atoms with Crippen LogP contribution >= 0.6 is 0 Å². The molecule has 0 saturated heterocycles. The molecule has 2 N–H and O–H groups in total. The van der Waals surface area contributed by atoms with E-state index < -0.39 is 0 Å². The summed E-state index contributed by atoms with van der Waals surface area (Å²) in [5.74, 6) is 1.22. The van der Waals surface area contributed by atoms with E-state index in [1.807, 2.05) is 49.4 Å². The standard InChI is InChI=1S/C24H29N3O2/c1-3-29-23-6-4-5-20(16-23)17(2)27-22-12-11-21(15-22)18-7-9-19(10-8-18)24(28)26-14-13-25/h4-10,16-17,21-22,27H,3,11-12,14-15H2,1-2H3,(H,26,28)/t17-,21?,22+/m1/s1. The lowest BCUT2D eigenvalue weighted by Crippen LogP contribution is -2.29. The molecule has 1 fully saturated rings. The van der Waals surface area contributed by atoms with Crippen LogP contribution < -0.4 is 15.4 Å². The van der Waals surface area contributed by atoms with Crippen molar-refractivity contribution in [1.29, 1.82) is 5.26 Å².